The van der Waals surface area contributed by atoms with Gasteiger partial charge in [-0.1, -0.05) is 54.6 Å². The van der Waals surface area contributed by atoms with Crippen LogP contribution in [0.15, 0.2) is 72.3 Å². The number of amides is 1. The van der Waals surface area contributed by atoms with Gasteiger partial charge in [0.25, 0.3) is 5.91 Å². The fourth-order valence-corrected chi connectivity index (χ4v) is 2.60. The van der Waals surface area contributed by atoms with Crippen molar-refractivity contribution in [1.82, 2.24) is 0 Å². The van der Waals surface area contributed by atoms with Gasteiger partial charge in [-0.3, -0.25) is 4.79 Å². The monoisotopic (exact) mass is 328 g/mol. The Morgan fingerprint density at radius 3 is 2.64 bits per heavy atom. The van der Waals surface area contributed by atoms with Crippen LogP contribution in [0.25, 0.3) is 16.8 Å². The second-order valence-corrected chi connectivity index (χ2v) is 5.53. The molecule has 3 aromatic rings. The quantitative estimate of drug-likeness (QED) is 0.571. The number of hydrogen-bond acceptors (Lipinski definition) is 3. The summed E-state index contributed by atoms with van der Waals surface area (Å²) in [5.41, 5.74) is 6.85. The molecule has 0 atom stereocenters. The number of rotatable bonds is 5. The van der Waals surface area contributed by atoms with Gasteiger partial charge < -0.3 is 10.5 Å². The molecule has 0 aromatic heterocycles. The number of carbonyl (C=O) groups excluding carboxylic acids is 1. The van der Waals surface area contributed by atoms with Crippen LogP contribution in [0.5, 0.6) is 5.75 Å². The molecule has 0 unspecified atom stereocenters. The molecule has 25 heavy (non-hydrogen) atoms. The molecule has 0 aliphatic carbocycles. The third-order valence-electron chi connectivity index (χ3n) is 3.83. The molecule has 0 bridgehead atoms. The molecule has 0 saturated carbocycles. The zero-order valence-electron chi connectivity index (χ0n) is 13.5. The van der Waals surface area contributed by atoms with E-state index in [4.69, 9.17) is 15.7 Å². The molecule has 3 aromatic carbocycles. The number of nitrogens with zero attached hydrogens (tertiary/aromatic N) is 1. The highest BCUT2D eigenvalue weighted by molar-refractivity contribution is 6.00. The van der Waals surface area contributed by atoms with E-state index in [-0.39, 0.29) is 5.57 Å². The Morgan fingerprint density at radius 1 is 1.08 bits per heavy atom. The summed E-state index contributed by atoms with van der Waals surface area (Å²) in [6.45, 7) is 0.426. The second-order valence-electron chi connectivity index (χ2n) is 5.53. The summed E-state index contributed by atoms with van der Waals surface area (Å²) in [5.74, 6) is -0.0898. The van der Waals surface area contributed by atoms with Gasteiger partial charge >= 0.3 is 0 Å². The lowest BCUT2D eigenvalue weighted by molar-refractivity contribution is -0.114. The first-order valence-corrected chi connectivity index (χ1v) is 7.78. The lowest BCUT2D eigenvalue weighted by Gasteiger charge is -2.09. The number of hydrogen-bond donors (Lipinski definition) is 1. The SMILES string of the molecule is N#C/C(=C/c1cccc(OCc2cccc3ccccc23)c1)C(N)=O. The van der Waals surface area contributed by atoms with Crippen molar-refractivity contribution in [2.45, 2.75) is 6.61 Å². The van der Waals surface area contributed by atoms with Gasteiger partial charge in [-0.2, -0.15) is 5.26 Å². The summed E-state index contributed by atoms with van der Waals surface area (Å²) in [4.78, 5) is 11.2. The van der Waals surface area contributed by atoms with Crippen molar-refractivity contribution in [2.75, 3.05) is 0 Å². The second kappa shape index (κ2) is 7.33. The zero-order valence-corrected chi connectivity index (χ0v) is 13.5. The normalized spacial score (nSPS) is 11.1. The Labute approximate surface area is 145 Å². The Hall–Kier alpha value is -3.58. The number of fused-ring (bicyclic) bond motifs is 1. The lowest BCUT2D eigenvalue weighted by Crippen LogP contribution is -2.12. The largest absolute Gasteiger partial charge is 0.489 e. The summed E-state index contributed by atoms with van der Waals surface area (Å²) in [5, 5.41) is 11.3. The van der Waals surface area contributed by atoms with Crippen molar-refractivity contribution in [2.24, 2.45) is 5.73 Å². The molecule has 1 amide bonds. The van der Waals surface area contributed by atoms with Crippen LogP contribution in [-0.4, -0.2) is 5.91 Å². The Balaban J connectivity index is 1.81. The Morgan fingerprint density at radius 2 is 1.84 bits per heavy atom. The van der Waals surface area contributed by atoms with E-state index in [1.165, 1.54) is 11.5 Å². The van der Waals surface area contributed by atoms with Crippen molar-refractivity contribution in [3.05, 3.63) is 83.4 Å². The minimum atomic E-state index is -0.746. The molecule has 4 nitrogen and oxygen atoms in total. The lowest BCUT2D eigenvalue weighted by atomic mass is 10.1. The smallest absolute Gasteiger partial charge is 0.259 e. The van der Waals surface area contributed by atoms with Crippen LogP contribution >= 0.6 is 0 Å². The molecule has 0 aliphatic rings. The van der Waals surface area contributed by atoms with Crippen molar-refractivity contribution < 1.29 is 9.53 Å². The van der Waals surface area contributed by atoms with Crippen molar-refractivity contribution >= 4 is 22.8 Å². The van der Waals surface area contributed by atoms with Gasteiger partial charge in [-0.05, 0) is 40.1 Å². The molecule has 3 rings (SSSR count). The molecule has 122 valence electrons. The molecular formula is C21H16N2O2. The van der Waals surface area contributed by atoms with Gasteiger partial charge in [-0.15, -0.1) is 0 Å². The van der Waals surface area contributed by atoms with E-state index in [0.717, 1.165) is 10.9 Å². The van der Waals surface area contributed by atoms with E-state index < -0.39 is 5.91 Å². The van der Waals surface area contributed by atoms with Crippen LogP contribution in [0.2, 0.25) is 0 Å². The molecule has 0 radical (unpaired) electrons. The Kier molecular flexibility index (Phi) is 4.77. The maximum Gasteiger partial charge on any atom is 0.259 e. The third-order valence-corrected chi connectivity index (χ3v) is 3.83. The minimum Gasteiger partial charge on any atom is -0.489 e. The number of carbonyl (C=O) groups is 1. The molecule has 0 saturated heterocycles. The maximum atomic E-state index is 11.2. The Bertz CT molecular complexity index is 995. The van der Waals surface area contributed by atoms with Crippen molar-refractivity contribution in [3.8, 4) is 11.8 Å². The van der Waals surface area contributed by atoms with E-state index in [1.54, 1.807) is 24.3 Å². The zero-order chi connectivity index (χ0) is 17.6. The van der Waals surface area contributed by atoms with Gasteiger partial charge in [0.1, 0.15) is 24.0 Å². The highest BCUT2D eigenvalue weighted by Crippen LogP contribution is 2.22. The number of benzene rings is 3. The highest BCUT2D eigenvalue weighted by Gasteiger charge is 2.05. The van der Waals surface area contributed by atoms with Crippen LogP contribution in [-0.2, 0) is 11.4 Å². The van der Waals surface area contributed by atoms with Gasteiger partial charge in [0.05, 0.1) is 0 Å². The fourth-order valence-electron chi connectivity index (χ4n) is 2.60. The predicted molar refractivity (Wildman–Crippen MR) is 97.5 cm³/mol. The van der Waals surface area contributed by atoms with Gasteiger partial charge in [0.2, 0.25) is 0 Å². The topological polar surface area (TPSA) is 76.1 Å². The molecule has 0 fully saturated rings. The number of primary amides is 1. The number of nitrogens with two attached hydrogens (primary N) is 1. The first-order valence-electron chi connectivity index (χ1n) is 7.78. The first kappa shape index (κ1) is 16.3. The maximum absolute atomic E-state index is 11.2. The van der Waals surface area contributed by atoms with Gasteiger partial charge in [0.15, 0.2) is 0 Å². The van der Waals surface area contributed by atoms with Crippen LogP contribution < -0.4 is 10.5 Å². The van der Waals surface area contributed by atoms with Crippen LogP contribution in [0.1, 0.15) is 11.1 Å². The molecule has 0 aliphatic heterocycles. The molecule has 4 heteroatoms. The van der Waals surface area contributed by atoms with Crippen LogP contribution in [0, 0.1) is 11.3 Å². The molecule has 0 spiro atoms. The van der Waals surface area contributed by atoms with E-state index in [2.05, 4.69) is 18.2 Å². The van der Waals surface area contributed by atoms with Crippen molar-refractivity contribution in [1.29, 1.82) is 5.26 Å². The highest BCUT2D eigenvalue weighted by atomic mass is 16.5. The minimum absolute atomic E-state index is 0.0915. The molecular weight excluding hydrogens is 312 g/mol. The van der Waals surface area contributed by atoms with Gasteiger partial charge in [-0.25, -0.2) is 0 Å². The van der Waals surface area contributed by atoms with Gasteiger partial charge in [0, 0.05) is 0 Å². The van der Waals surface area contributed by atoms with E-state index >= 15 is 0 Å². The molecule has 2 N–H and O–H groups in total. The fraction of sp³-hybridized carbons (Fsp3) is 0.0476. The molecule has 0 heterocycles. The number of ether oxygens (including phenoxy) is 1. The van der Waals surface area contributed by atoms with E-state index in [9.17, 15) is 4.79 Å². The van der Waals surface area contributed by atoms with Crippen LogP contribution in [0.3, 0.4) is 0 Å². The number of nitriles is 1. The third kappa shape index (κ3) is 3.85. The van der Waals surface area contributed by atoms with E-state index in [0.29, 0.717) is 17.9 Å². The average Bonchev–Trinajstić information content (AvgIpc) is 2.64. The average molecular weight is 328 g/mol. The summed E-state index contributed by atoms with van der Waals surface area (Å²) >= 11 is 0. The summed E-state index contributed by atoms with van der Waals surface area (Å²) in [7, 11) is 0. The first-order chi connectivity index (χ1) is 12.2. The summed E-state index contributed by atoms with van der Waals surface area (Å²) in [6.07, 6.45) is 1.45. The summed E-state index contributed by atoms with van der Waals surface area (Å²) < 4.78 is 5.89. The summed E-state index contributed by atoms with van der Waals surface area (Å²) in [6, 6.07) is 23.2. The standard InChI is InChI=1S/C21H16N2O2/c22-13-18(21(23)24)11-15-5-3-9-19(12-15)25-14-17-8-4-7-16-6-1-2-10-20(16)17/h1-12H,14H2,(H2,23,24)/b18-11-. The predicted octanol–water partition coefficient (Wildman–Crippen LogP) is 3.81. The van der Waals surface area contributed by atoms with Crippen LogP contribution in [0.4, 0.5) is 0 Å². The van der Waals surface area contributed by atoms with E-state index in [1.807, 2.05) is 30.3 Å². The van der Waals surface area contributed by atoms with Crippen molar-refractivity contribution in [3.63, 3.8) is 0 Å².